The topological polar surface area (TPSA) is 71.5 Å². The van der Waals surface area contributed by atoms with E-state index < -0.39 is 0 Å². The van der Waals surface area contributed by atoms with E-state index in [1.54, 1.807) is 18.0 Å². The highest BCUT2D eigenvalue weighted by atomic mass is 16.5. The van der Waals surface area contributed by atoms with E-state index in [1.165, 1.54) is 0 Å². The molecule has 1 heterocycles. The Labute approximate surface area is 125 Å². The Hall–Kier alpha value is -1.95. The number of aromatic nitrogens is 1. The van der Waals surface area contributed by atoms with E-state index in [-0.39, 0.29) is 30.9 Å². The number of likely N-dealkylation sites (N-methyl/N-ethyl adjacent to an activating group) is 1. The standard InChI is InChI=1S/C15H23N3O3/c1-11(2)21-15(20)8-9-18(4)10-14(19)17-13-7-5-6-12(3)16-13/h5-7,11H,8-10H2,1-4H3,(H,16,17,19). The molecular weight excluding hydrogens is 270 g/mol. The first-order valence-electron chi connectivity index (χ1n) is 6.98. The average Bonchev–Trinajstić information content (AvgIpc) is 2.35. The van der Waals surface area contributed by atoms with Crippen LogP contribution in [0.4, 0.5) is 5.82 Å². The molecule has 0 radical (unpaired) electrons. The molecule has 6 heteroatoms. The quantitative estimate of drug-likeness (QED) is 0.773. The Balaban J connectivity index is 2.32. The second-order valence-electron chi connectivity index (χ2n) is 5.24. The number of ether oxygens (including phenoxy) is 1. The normalized spacial score (nSPS) is 10.8. The number of pyridine rings is 1. The Kier molecular flexibility index (Phi) is 6.81. The lowest BCUT2D eigenvalue weighted by Crippen LogP contribution is -2.32. The molecule has 0 unspecified atom stereocenters. The van der Waals surface area contributed by atoms with Gasteiger partial charge in [-0.1, -0.05) is 6.07 Å². The fourth-order valence-electron chi connectivity index (χ4n) is 1.72. The summed E-state index contributed by atoms with van der Waals surface area (Å²) in [5, 5.41) is 2.73. The zero-order chi connectivity index (χ0) is 15.8. The molecule has 1 rings (SSSR count). The second kappa shape index (κ2) is 8.36. The lowest BCUT2D eigenvalue weighted by Gasteiger charge is -2.16. The van der Waals surface area contributed by atoms with Gasteiger partial charge in [0, 0.05) is 12.2 Å². The number of anilines is 1. The summed E-state index contributed by atoms with van der Waals surface area (Å²) >= 11 is 0. The van der Waals surface area contributed by atoms with Crippen molar-refractivity contribution in [1.29, 1.82) is 0 Å². The van der Waals surface area contributed by atoms with Gasteiger partial charge >= 0.3 is 5.97 Å². The predicted molar refractivity (Wildman–Crippen MR) is 80.9 cm³/mol. The van der Waals surface area contributed by atoms with Gasteiger partial charge in [0.05, 0.1) is 19.1 Å². The molecule has 1 aromatic heterocycles. The Morgan fingerprint density at radius 2 is 2.10 bits per heavy atom. The molecule has 0 bridgehead atoms. The van der Waals surface area contributed by atoms with E-state index in [0.717, 1.165) is 5.69 Å². The maximum atomic E-state index is 11.8. The number of hydrogen-bond acceptors (Lipinski definition) is 5. The van der Waals surface area contributed by atoms with Gasteiger partial charge in [-0.05, 0) is 40.0 Å². The van der Waals surface area contributed by atoms with Gasteiger partial charge in [0.25, 0.3) is 0 Å². The lowest BCUT2D eigenvalue weighted by molar-refractivity contribution is -0.147. The summed E-state index contributed by atoms with van der Waals surface area (Å²) in [6, 6.07) is 5.44. The summed E-state index contributed by atoms with van der Waals surface area (Å²) in [7, 11) is 1.78. The molecule has 1 amide bonds. The minimum Gasteiger partial charge on any atom is -0.463 e. The zero-order valence-electron chi connectivity index (χ0n) is 13.0. The predicted octanol–water partition coefficient (Wildman–Crippen LogP) is 1.60. The third-order valence-electron chi connectivity index (χ3n) is 2.63. The number of rotatable bonds is 7. The molecule has 0 saturated heterocycles. The molecule has 0 aliphatic carbocycles. The van der Waals surface area contributed by atoms with Gasteiger partial charge in [0.15, 0.2) is 0 Å². The van der Waals surface area contributed by atoms with Crippen molar-refractivity contribution in [1.82, 2.24) is 9.88 Å². The van der Waals surface area contributed by atoms with Crippen LogP contribution in [0, 0.1) is 6.92 Å². The van der Waals surface area contributed by atoms with Gasteiger partial charge in [-0.2, -0.15) is 0 Å². The molecule has 0 spiro atoms. The molecule has 0 fully saturated rings. The van der Waals surface area contributed by atoms with Crippen molar-refractivity contribution in [3.05, 3.63) is 23.9 Å². The molecule has 0 aromatic carbocycles. The fraction of sp³-hybridized carbons (Fsp3) is 0.533. The first-order valence-corrected chi connectivity index (χ1v) is 6.98. The van der Waals surface area contributed by atoms with Crippen molar-refractivity contribution in [2.75, 3.05) is 25.5 Å². The van der Waals surface area contributed by atoms with Crippen LogP contribution in [0.1, 0.15) is 26.0 Å². The van der Waals surface area contributed by atoms with E-state index in [2.05, 4.69) is 10.3 Å². The summed E-state index contributed by atoms with van der Waals surface area (Å²) in [5.41, 5.74) is 0.845. The van der Waals surface area contributed by atoms with Crippen molar-refractivity contribution in [2.45, 2.75) is 33.3 Å². The molecule has 116 valence electrons. The zero-order valence-corrected chi connectivity index (χ0v) is 13.0. The SMILES string of the molecule is Cc1cccc(NC(=O)CN(C)CCC(=O)OC(C)C)n1. The van der Waals surface area contributed by atoms with Crippen LogP contribution in [0.25, 0.3) is 0 Å². The van der Waals surface area contributed by atoms with E-state index >= 15 is 0 Å². The van der Waals surface area contributed by atoms with Crippen molar-refractivity contribution in [2.24, 2.45) is 0 Å². The van der Waals surface area contributed by atoms with Crippen LogP contribution >= 0.6 is 0 Å². The maximum Gasteiger partial charge on any atom is 0.307 e. The highest BCUT2D eigenvalue weighted by Gasteiger charge is 2.11. The summed E-state index contributed by atoms with van der Waals surface area (Å²) in [6.07, 6.45) is 0.156. The van der Waals surface area contributed by atoms with Crippen LogP contribution in [-0.4, -0.2) is 48.0 Å². The highest BCUT2D eigenvalue weighted by molar-refractivity contribution is 5.91. The third kappa shape index (κ3) is 7.41. The fourth-order valence-corrected chi connectivity index (χ4v) is 1.72. The lowest BCUT2D eigenvalue weighted by atomic mass is 10.3. The minimum atomic E-state index is -0.252. The van der Waals surface area contributed by atoms with Gasteiger partial charge in [-0.25, -0.2) is 4.98 Å². The largest absolute Gasteiger partial charge is 0.463 e. The van der Waals surface area contributed by atoms with Gasteiger partial charge in [-0.3, -0.25) is 14.5 Å². The molecule has 0 saturated carbocycles. The minimum absolute atomic E-state index is 0.113. The first-order chi connectivity index (χ1) is 9.86. The van der Waals surface area contributed by atoms with E-state index in [0.29, 0.717) is 12.4 Å². The Morgan fingerprint density at radius 3 is 2.71 bits per heavy atom. The van der Waals surface area contributed by atoms with Gasteiger partial charge in [-0.15, -0.1) is 0 Å². The van der Waals surface area contributed by atoms with Gasteiger partial charge in [0.1, 0.15) is 5.82 Å². The van der Waals surface area contributed by atoms with Crippen LogP contribution in [0.5, 0.6) is 0 Å². The van der Waals surface area contributed by atoms with Crippen LogP contribution in [0.3, 0.4) is 0 Å². The molecule has 0 atom stereocenters. The van der Waals surface area contributed by atoms with Crippen LogP contribution in [0.15, 0.2) is 18.2 Å². The van der Waals surface area contributed by atoms with Crippen LogP contribution in [0.2, 0.25) is 0 Å². The number of amides is 1. The second-order valence-corrected chi connectivity index (χ2v) is 5.24. The summed E-state index contributed by atoms with van der Waals surface area (Å²) in [5.74, 6) is 0.123. The monoisotopic (exact) mass is 293 g/mol. The number of nitrogens with zero attached hydrogens (tertiary/aromatic N) is 2. The number of aryl methyl sites for hydroxylation is 1. The van der Waals surface area contributed by atoms with E-state index in [9.17, 15) is 9.59 Å². The number of carbonyl (C=O) groups is 2. The summed E-state index contributed by atoms with van der Waals surface area (Å²) in [6.45, 7) is 6.15. The smallest absolute Gasteiger partial charge is 0.307 e. The van der Waals surface area contributed by atoms with Gasteiger partial charge in [0.2, 0.25) is 5.91 Å². The molecule has 6 nitrogen and oxygen atoms in total. The van der Waals surface area contributed by atoms with Crippen LogP contribution in [-0.2, 0) is 14.3 Å². The Morgan fingerprint density at radius 1 is 1.38 bits per heavy atom. The Bertz CT molecular complexity index is 489. The van der Waals surface area contributed by atoms with Crippen molar-refractivity contribution < 1.29 is 14.3 Å². The van der Waals surface area contributed by atoms with E-state index in [1.807, 2.05) is 32.9 Å². The summed E-state index contributed by atoms with van der Waals surface area (Å²) in [4.78, 5) is 29.2. The number of esters is 1. The molecule has 21 heavy (non-hydrogen) atoms. The molecule has 1 aromatic rings. The summed E-state index contributed by atoms with van der Waals surface area (Å²) < 4.78 is 5.04. The number of nitrogens with one attached hydrogen (secondary N) is 1. The molecular formula is C15H23N3O3. The van der Waals surface area contributed by atoms with Crippen molar-refractivity contribution in [3.8, 4) is 0 Å². The number of carbonyl (C=O) groups excluding carboxylic acids is 2. The average molecular weight is 293 g/mol. The van der Waals surface area contributed by atoms with Crippen molar-refractivity contribution in [3.63, 3.8) is 0 Å². The highest BCUT2D eigenvalue weighted by Crippen LogP contribution is 2.04. The maximum absolute atomic E-state index is 11.8. The first kappa shape index (κ1) is 17.1. The van der Waals surface area contributed by atoms with E-state index in [4.69, 9.17) is 4.74 Å². The molecule has 0 aliphatic heterocycles. The van der Waals surface area contributed by atoms with Crippen molar-refractivity contribution >= 4 is 17.7 Å². The van der Waals surface area contributed by atoms with Gasteiger partial charge < -0.3 is 10.1 Å². The van der Waals surface area contributed by atoms with Crippen LogP contribution < -0.4 is 5.32 Å². The number of hydrogen-bond donors (Lipinski definition) is 1. The molecule has 0 aliphatic rings. The third-order valence-corrected chi connectivity index (χ3v) is 2.63. The molecule has 1 N–H and O–H groups in total.